The van der Waals surface area contributed by atoms with Crippen LogP contribution in [0.25, 0.3) is 0 Å². The maximum Gasteiger partial charge on any atom is 0.416 e. The molecule has 24 heavy (non-hydrogen) atoms. The van der Waals surface area contributed by atoms with E-state index in [9.17, 15) is 23.1 Å². The van der Waals surface area contributed by atoms with E-state index in [1.807, 2.05) is 0 Å². The minimum Gasteiger partial charge on any atom is -0.386 e. The number of amides is 2. The number of alkyl halides is 3. The summed E-state index contributed by atoms with van der Waals surface area (Å²) in [6, 6.07) is 4.26. The monoisotopic (exact) mass is 346 g/mol. The second kappa shape index (κ2) is 7.40. The van der Waals surface area contributed by atoms with E-state index >= 15 is 0 Å². The fourth-order valence-electron chi connectivity index (χ4n) is 2.61. The second-order valence-corrected chi connectivity index (χ2v) is 6.11. The fourth-order valence-corrected chi connectivity index (χ4v) is 2.61. The lowest BCUT2D eigenvalue weighted by molar-refractivity contribution is -0.138. The highest BCUT2D eigenvalue weighted by atomic mass is 19.4. The highest BCUT2D eigenvalue weighted by Gasteiger charge is 2.34. The molecule has 0 aromatic heterocycles. The highest BCUT2D eigenvalue weighted by Crippen LogP contribution is 2.32. The van der Waals surface area contributed by atoms with Gasteiger partial charge < -0.3 is 20.5 Å². The Morgan fingerprint density at radius 2 is 2.12 bits per heavy atom. The van der Waals surface area contributed by atoms with Crippen LogP contribution in [0.5, 0.6) is 0 Å². The van der Waals surface area contributed by atoms with Gasteiger partial charge in [0.1, 0.15) is 5.60 Å². The topological polar surface area (TPSA) is 70.6 Å². The molecule has 1 saturated heterocycles. The van der Waals surface area contributed by atoms with Gasteiger partial charge in [0, 0.05) is 19.1 Å². The van der Waals surface area contributed by atoms with Crippen LogP contribution >= 0.6 is 0 Å². The first kappa shape index (κ1) is 18.5. The molecule has 0 aliphatic carbocycles. The van der Waals surface area contributed by atoms with Gasteiger partial charge in [0.05, 0.1) is 18.7 Å². The summed E-state index contributed by atoms with van der Waals surface area (Å²) in [5.74, 6) is 0. The van der Waals surface area contributed by atoms with Gasteiger partial charge in [-0.2, -0.15) is 13.2 Å². The molecular formula is C16H21F3N2O3. The standard InChI is InChI=1S/C16H21F3N2O3/c1-11(8-12-4-2-3-5-13(12)16(17,18)19)21-14(22)20-9-15(23)6-7-24-10-15/h2-5,11,23H,6-10H2,1H3,(H2,20,21,22)/t11-,15+/m0/s1. The number of nitrogens with one attached hydrogen (secondary N) is 2. The predicted molar refractivity (Wildman–Crippen MR) is 81.5 cm³/mol. The summed E-state index contributed by atoms with van der Waals surface area (Å²) >= 11 is 0. The van der Waals surface area contributed by atoms with Gasteiger partial charge in [-0.1, -0.05) is 18.2 Å². The number of hydrogen-bond donors (Lipinski definition) is 3. The van der Waals surface area contributed by atoms with Crippen molar-refractivity contribution >= 4 is 6.03 Å². The summed E-state index contributed by atoms with van der Waals surface area (Å²) in [7, 11) is 0. The summed E-state index contributed by atoms with van der Waals surface area (Å²) < 4.78 is 43.9. The van der Waals surface area contributed by atoms with Gasteiger partial charge >= 0.3 is 12.2 Å². The molecule has 134 valence electrons. The fraction of sp³-hybridized carbons (Fsp3) is 0.562. The first-order valence-electron chi connectivity index (χ1n) is 7.69. The van der Waals surface area contributed by atoms with E-state index in [2.05, 4.69) is 10.6 Å². The zero-order valence-corrected chi connectivity index (χ0v) is 13.3. The van der Waals surface area contributed by atoms with Crippen LogP contribution in [0.15, 0.2) is 24.3 Å². The number of ether oxygens (including phenoxy) is 1. The number of rotatable bonds is 5. The molecular weight excluding hydrogens is 325 g/mol. The number of halogens is 3. The lowest BCUT2D eigenvalue weighted by Crippen LogP contribution is -2.49. The lowest BCUT2D eigenvalue weighted by atomic mass is 10.0. The maximum atomic E-state index is 13.0. The van der Waals surface area contributed by atoms with Crippen molar-refractivity contribution in [1.29, 1.82) is 0 Å². The molecule has 0 radical (unpaired) electrons. The normalized spacial score (nSPS) is 22.2. The van der Waals surface area contributed by atoms with Crippen LogP contribution in [0.3, 0.4) is 0 Å². The van der Waals surface area contributed by atoms with E-state index in [0.717, 1.165) is 6.07 Å². The number of hydrogen-bond acceptors (Lipinski definition) is 3. The number of urea groups is 1. The largest absolute Gasteiger partial charge is 0.416 e. The molecule has 0 spiro atoms. The molecule has 0 saturated carbocycles. The van der Waals surface area contributed by atoms with E-state index in [1.165, 1.54) is 18.2 Å². The number of benzene rings is 1. The molecule has 1 heterocycles. The molecule has 0 unspecified atom stereocenters. The molecule has 1 fully saturated rings. The minimum absolute atomic E-state index is 0.0324. The van der Waals surface area contributed by atoms with Gasteiger partial charge in [-0.3, -0.25) is 0 Å². The molecule has 2 rings (SSSR count). The molecule has 2 atom stereocenters. The highest BCUT2D eigenvalue weighted by molar-refractivity contribution is 5.74. The van der Waals surface area contributed by atoms with Crippen molar-refractivity contribution in [3.63, 3.8) is 0 Å². The quantitative estimate of drug-likeness (QED) is 0.765. The zero-order valence-electron chi connectivity index (χ0n) is 13.3. The Morgan fingerprint density at radius 3 is 2.75 bits per heavy atom. The lowest BCUT2D eigenvalue weighted by Gasteiger charge is -2.22. The Balaban J connectivity index is 1.87. The van der Waals surface area contributed by atoms with Crippen molar-refractivity contribution in [2.75, 3.05) is 19.8 Å². The second-order valence-electron chi connectivity index (χ2n) is 6.11. The van der Waals surface area contributed by atoms with Crippen molar-refractivity contribution in [2.24, 2.45) is 0 Å². The molecule has 1 aliphatic rings. The van der Waals surface area contributed by atoms with Crippen molar-refractivity contribution in [3.05, 3.63) is 35.4 Å². The van der Waals surface area contributed by atoms with Crippen LogP contribution in [0.1, 0.15) is 24.5 Å². The van der Waals surface area contributed by atoms with Gasteiger partial charge in [-0.15, -0.1) is 0 Å². The average Bonchev–Trinajstić information content (AvgIpc) is 2.92. The van der Waals surface area contributed by atoms with Crippen LogP contribution < -0.4 is 10.6 Å². The Morgan fingerprint density at radius 1 is 1.42 bits per heavy atom. The Kier molecular flexibility index (Phi) is 5.71. The molecule has 1 aliphatic heterocycles. The van der Waals surface area contributed by atoms with E-state index in [4.69, 9.17) is 4.74 Å². The van der Waals surface area contributed by atoms with Crippen molar-refractivity contribution in [3.8, 4) is 0 Å². The summed E-state index contributed by atoms with van der Waals surface area (Å²) in [4.78, 5) is 11.8. The SMILES string of the molecule is C[C@@H](Cc1ccccc1C(F)(F)F)NC(=O)NC[C@]1(O)CCOC1. The summed E-state index contributed by atoms with van der Waals surface area (Å²) in [5.41, 5.74) is -1.65. The van der Waals surface area contributed by atoms with Gasteiger partial charge in [-0.05, 0) is 25.0 Å². The van der Waals surface area contributed by atoms with E-state index < -0.39 is 29.4 Å². The zero-order chi connectivity index (χ0) is 17.8. The average molecular weight is 346 g/mol. The van der Waals surface area contributed by atoms with Gasteiger partial charge in [0.15, 0.2) is 0 Å². The third-order valence-electron chi connectivity index (χ3n) is 3.89. The maximum absolute atomic E-state index is 13.0. The van der Waals surface area contributed by atoms with Crippen LogP contribution in [-0.4, -0.2) is 42.5 Å². The molecule has 5 nitrogen and oxygen atoms in total. The third-order valence-corrected chi connectivity index (χ3v) is 3.89. The van der Waals surface area contributed by atoms with E-state index in [0.29, 0.717) is 13.0 Å². The first-order chi connectivity index (χ1) is 11.2. The molecule has 3 N–H and O–H groups in total. The van der Waals surface area contributed by atoms with Crippen LogP contribution in [0.4, 0.5) is 18.0 Å². The van der Waals surface area contributed by atoms with Gasteiger partial charge in [0.2, 0.25) is 0 Å². The van der Waals surface area contributed by atoms with Crippen molar-refractivity contribution < 1.29 is 27.8 Å². The van der Waals surface area contributed by atoms with Crippen LogP contribution in [0, 0.1) is 0 Å². The van der Waals surface area contributed by atoms with E-state index in [-0.39, 0.29) is 25.1 Å². The Hall–Kier alpha value is -1.80. The Bertz CT molecular complexity index is 572. The predicted octanol–water partition coefficient (Wildman–Crippen LogP) is 2.09. The number of carbonyl (C=O) groups excluding carboxylic acids is 1. The molecule has 0 bridgehead atoms. The van der Waals surface area contributed by atoms with Gasteiger partial charge in [0.25, 0.3) is 0 Å². The molecule has 2 amide bonds. The molecule has 1 aromatic rings. The summed E-state index contributed by atoms with van der Waals surface area (Å²) in [6.07, 6.45) is -3.94. The van der Waals surface area contributed by atoms with Gasteiger partial charge in [-0.25, -0.2) is 4.79 Å². The van der Waals surface area contributed by atoms with Crippen molar-refractivity contribution in [2.45, 2.75) is 37.6 Å². The van der Waals surface area contributed by atoms with Crippen LogP contribution in [-0.2, 0) is 17.3 Å². The Labute approximate surface area is 138 Å². The third kappa shape index (κ3) is 5.10. The van der Waals surface area contributed by atoms with Crippen LogP contribution in [0.2, 0.25) is 0 Å². The smallest absolute Gasteiger partial charge is 0.386 e. The number of aliphatic hydroxyl groups is 1. The minimum atomic E-state index is -4.43. The first-order valence-corrected chi connectivity index (χ1v) is 7.69. The summed E-state index contributed by atoms with van der Waals surface area (Å²) in [6.45, 7) is 2.25. The van der Waals surface area contributed by atoms with E-state index in [1.54, 1.807) is 6.92 Å². The summed E-state index contributed by atoms with van der Waals surface area (Å²) in [5, 5.41) is 15.1. The molecule has 8 heteroatoms. The van der Waals surface area contributed by atoms with Crippen molar-refractivity contribution in [1.82, 2.24) is 10.6 Å². The molecule has 1 aromatic carbocycles. The number of carbonyl (C=O) groups is 1.